The average molecular weight is 623 g/mol. The molecule has 4 heteroatoms. The Labute approximate surface area is 279 Å². The SMILES string of the molecule is CC1(C)c2cc(C3C=CC=CC3C3CC(C4C=CC=CC4)N=C(C4C=C5OC6C=CC=CC6C5=CC4)N3)ccc2OC2CC=CCC21. The van der Waals surface area contributed by atoms with Gasteiger partial charge in [0.1, 0.15) is 29.6 Å². The van der Waals surface area contributed by atoms with Crippen molar-refractivity contribution in [3.05, 3.63) is 138 Å². The molecule has 3 heterocycles. The molecule has 5 aliphatic carbocycles. The van der Waals surface area contributed by atoms with E-state index in [-0.39, 0.29) is 41.5 Å². The summed E-state index contributed by atoms with van der Waals surface area (Å²) in [7, 11) is 0. The molecule has 9 rings (SSSR count). The van der Waals surface area contributed by atoms with Gasteiger partial charge in [-0.1, -0.05) is 111 Å². The molecule has 4 nitrogen and oxygen atoms in total. The summed E-state index contributed by atoms with van der Waals surface area (Å²) < 4.78 is 13.1. The molecular weight excluding hydrogens is 576 g/mol. The molecule has 3 aliphatic heterocycles. The molecule has 0 bridgehead atoms. The normalized spacial score (nSPS) is 38.5. The van der Waals surface area contributed by atoms with Crippen molar-refractivity contribution in [2.24, 2.45) is 34.6 Å². The molecule has 0 radical (unpaired) electrons. The highest BCUT2D eigenvalue weighted by molar-refractivity contribution is 5.88. The summed E-state index contributed by atoms with van der Waals surface area (Å²) in [5.41, 5.74) is 4.15. The minimum absolute atomic E-state index is 0.0594. The lowest BCUT2D eigenvalue weighted by Crippen LogP contribution is -2.51. The zero-order chi connectivity index (χ0) is 31.5. The van der Waals surface area contributed by atoms with E-state index < -0.39 is 0 Å². The number of nitrogens with one attached hydrogen (secondary N) is 1. The molecule has 8 aliphatic rings. The van der Waals surface area contributed by atoms with Gasteiger partial charge in [0.15, 0.2) is 0 Å². The van der Waals surface area contributed by atoms with Crippen LogP contribution in [0, 0.1) is 29.6 Å². The third-order valence-corrected chi connectivity index (χ3v) is 12.2. The molecule has 0 amide bonds. The lowest BCUT2D eigenvalue weighted by atomic mass is 9.65. The van der Waals surface area contributed by atoms with Crippen LogP contribution in [0.2, 0.25) is 0 Å². The second-order valence-electron chi connectivity index (χ2n) is 15.2. The topological polar surface area (TPSA) is 42.8 Å². The van der Waals surface area contributed by atoms with Crippen molar-refractivity contribution in [2.45, 2.75) is 81.6 Å². The summed E-state index contributed by atoms with van der Waals surface area (Å²) in [4.78, 5) is 5.49. The highest BCUT2D eigenvalue weighted by Crippen LogP contribution is 2.50. The molecule has 1 aromatic rings. The number of fused-ring (bicyclic) bond motifs is 5. The van der Waals surface area contributed by atoms with E-state index >= 15 is 0 Å². The fourth-order valence-corrected chi connectivity index (χ4v) is 9.56. The van der Waals surface area contributed by atoms with Crippen molar-refractivity contribution in [3.63, 3.8) is 0 Å². The fraction of sp³-hybridized carbons (Fsp3) is 0.419. The third kappa shape index (κ3) is 5.07. The Kier molecular flexibility index (Phi) is 7.17. The van der Waals surface area contributed by atoms with Crippen LogP contribution in [-0.4, -0.2) is 30.1 Å². The van der Waals surface area contributed by atoms with Crippen molar-refractivity contribution < 1.29 is 9.47 Å². The first-order valence-corrected chi connectivity index (χ1v) is 18.0. The number of hydrogen-bond donors (Lipinski definition) is 1. The molecule has 0 spiro atoms. The summed E-state index contributed by atoms with van der Waals surface area (Å²) >= 11 is 0. The molecule has 47 heavy (non-hydrogen) atoms. The second kappa shape index (κ2) is 11.6. The van der Waals surface area contributed by atoms with Gasteiger partial charge >= 0.3 is 0 Å². The minimum Gasteiger partial charge on any atom is -0.489 e. The standard InChI is InChI=1S/C43H46N2O2/c1-43(2)34-17-9-11-19-39(34)47-40-23-21-28(24-35(40)43)30-14-6-7-15-31(30)37-26-36(27-12-4-3-5-13-27)44-42(45-37)29-20-22-33-32-16-8-10-18-38(32)46-41(33)25-29/h3-12,14-16,18,21-25,27,29-32,34,36-39H,13,17,19-20,26H2,1-2H3,(H,44,45). The number of allylic oxidation sites excluding steroid dienone is 11. The van der Waals surface area contributed by atoms with E-state index in [1.165, 1.54) is 16.7 Å². The predicted octanol–water partition coefficient (Wildman–Crippen LogP) is 8.75. The summed E-state index contributed by atoms with van der Waals surface area (Å²) in [5, 5.41) is 4.05. The van der Waals surface area contributed by atoms with Crippen LogP contribution < -0.4 is 10.1 Å². The number of hydrogen-bond acceptors (Lipinski definition) is 4. The van der Waals surface area contributed by atoms with Crippen molar-refractivity contribution in [1.82, 2.24) is 5.32 Å². The van der Waals surface area contributed by atoms with Crippen molar-refractivity contribution >= 4 is 5.84 Å². The van der Waals surface area contributed by atoms with Gasteiger partial charge in [-0.25, -0.2) is 0 Å². The smallest absolute Gasteiger partial charge is 0.128 e. The van der Waals surface area contributed by atoms with Gasteiger partial charge in [-0.15, -0.1) is 0 Å². The number of ether oxygens (including phenoxy) is 2. The molecule has 10 atom stereocenters. The molecular formula is C43H46N2O2. The van der Waals surface area contributed by atoms with E-state index in [0.29, 0.717) is 23.7 Å². The molecule has 240 valence electrons. The first kappa shape index (κ1) is 29.1. The van der Waals surface area contributed by atoms with E-state index in [1.807, 2.05) is 0 Å². The van der Waals surface area contributed by atoms with Crippen LogP contribution in [-0.2, 0) is 10.2 Å². The Bertz CT molecular complexity index is 1740. The van der Waals surface area contributed by atoms with E-state index in [2.05, 4.69) is 135 Å². The van der Waals surface area contributed by atoms with Gasteiger partial charge in [0.05, 0.1) is 6.04 Å². The number of amidine groups is 1. The van der Waals surface area contributed by atoms with Gasteiger partial charge in [-0.3, -0.25) is 4.99 Å². The zero-order valence-electron chi connectivity index (χ0n) is 27.5. The molecule has 1 N–H and O–H groups in total. The van der Waals surface area contributed by atoms with Gasteiger partial charge in [0.25, 0.3) is 0 Å². The highest BCUT2D eigenvalue weighted by atomic mass is 16.5. The van der Waals surface area contributed by atoms with Gasteiger partial charge in [0.2, 0.25) is 0 Å². The quantitative estimate of drug-likeness (QED) is 0.342. The Balaban J connectivity index is 1.02. The molecule has 1 saturated heterocycles. The maximum absolute atomic E-state index is 6.63. The van der Waals surface area contributed by atoms with Crippen molar-refractivity contribution in [2.75, 3.05) is 0 Å². The molecule has 10 unspecified atom stereocenters. The van der Waals surface area contributed by atoms with Crippen LogP contribution in [0.4, 0.5) is 0 Å². The fourth-order valence-electron chi connectivity index (χ4n) is 9.56. The third-order valence-electron chi connectivity index (χ3n) is 12.2. The number of benzene rings is 1. The van der Waals surface area contributed by atoms with Crippen molar-refractivity contribution in [1.29, 1.82) is 0 Å². The molecule has 1 fully saturated rings. The summed E-state index contributed by atoms with van der Waals surface area (Å²) in [6.45, 7) is 4.86. The van der Waals surface area contributed by atoms with Gasteiger partial charge < -0.3 is 14.8 Å². The van der Waals surface area contributed by atoms with Crippen LogP contribution in [0.25, 0.3) is 0 Å². The van der Waals surface area contributed by atoms with Crippen LogP contribution in [0.15, 0.2) is 132 Å². The number of nitrogens with zero attached hydrogens (tertiary/aromatic N) is 1. The Morgan fingerprint density at radius 1 is 0.809 bits per heavy atom. The maximum atomic E-state index is 6.63. The van der Waals surface area contributed by atoms with Crippen LogP contribution >= 0.6 is 0 Å². The summed E-state index contributed by atoms with van der Waals surface area (Å²) in [5.74, 6) is 5.28. The van der Waals surface area contributed by atoms with E-state index in [9.17, 15) is 0 Å². The molecule has 0 saturated carbocycles. The summed E-state index contributed by atoms with van der Waals surface area (Å²) in [6.07, 6.45) is 42.1. The van der Waals surface area contributed by atoms with Gasteiger partial charge in [-0.2, -0.15) is 0 Å². The minimum atomic E-state index is 0.0594. The van der Waals surface area contributed by atoms with E-state index in [1.54, 1.807) is 0 Å². The number of aliphatic imine (C=N–C) groups is 1. The monoisotopic (exact) mass is 622 g/mol. The van der Waals surface area contributed by atoms with Crippen LogP contribution in [0.1, 0.15) is 63.0 Å². The maximum Gasteiger partial charge on any atom is 0.128 e. The van der Waals surface area contributed by atoms with Crippen LogP contribution in [0.3, 0.4) is 0 Å². The highest BCUT2D eigenvalue weighted by Gasteiger charge is 2.45. The first-order chi connectivity index (χ1) is 23.0. The number of rotatable bonds is 4. The Morgan fingerprint density at radius 3 is 2.53 bits per heavy atom. The lowest BCUT2D eigenvalue weighted by molar-refractivity contribution is 0.0589. The molecule has 1 aromatic carbocycles. The Hall–Kier alpha value is -4.05. The van der Waals surface area contributed by atoms with E-state index in [0.717, 1.165) is 49.4 Å². The Morgan fingerprint density at radius 2 is 1.64 bits per heavy atom. The van der Waals surface area contributed by atoms with Gasteiger partial charge in [-0.05, 0) is 54.9 Å². The van der Waals surface area contributed by atoms with E-state index in [4.69, 9.17) is 14.5 Å². The predicted molar refractivity (Wildman–Crippen MR) is 190 cm³/mol. The first-order valence-electron chi connectivity index (χ1n) is 18.0. The second-order valence-corrected chi connectivity index (χ2v) is 15.2. The van der Waals surface area contributed by atoms with Gasteiger partial charge in [0, 0.05) is 59.1 Å². The average Bonchev–Trinajstić information content (AvgIpc) is 3.50. The van der Waals surface area contributed by atoms with Crippen LogP contribution in [0.5, 0.6) is 5.75 Å². The van der Waals surface area contributed by atoms with Crippen molar-refractivity contribution in [3.8, 4) is 5.75 Å². The lowest BCUT2D eigenvalue weighted by Gasteiger charge is -2.46. The molecule has 0 aromatic heterocycles. The largest absolute Gasteiger partial charge is 0.489 e. The summed E-state index contributed by atoms with van der Waals surface area (Å²) in [6, 6.07) is 7.58. The zero-order valence-corrected chi connectivity index (χ0v) is 27.5.